The third-order valence-corrected chi connectivity index (χ3v) is 5.61. The topological polar surface area (TPSA) is 88.9 Å². The molecular weight excluding hydrogens is 417 g/mol. The highest BCUT2D eigenvalue weighted by atomic mass is 32.2. The first kappa shape index (κ1) is 22.5. The van der Waals surface area contributed by atoms with Crippen molar-refractivity contribution in [2.24, 2.45) is 0 Å². The molecule has 1 atom stereocenters. The molecule has 162 valence electrons. The van der Waals surface area contributed by atoms with Gasteiger partial charge in [0.05, 0.1) is 11.8 Å². The Morgan fingerprint density at radius 1 is 1.16 bits per heavy atom. The summed E-state index contributed by atoms with van der Waals surface area (Å²) in [5.74, 6) is -0.168. The molecule has 0 aliphatic carbocycles. The molecule has 0 saturated heterocycles. The smallest absolute Gasteiger partial charge is 0.251 e. The van der Waals surface area contributed by atoms with Crippen LogP contribution in [0.5, 0.6) is 0 Å². The Kier molecular flexibility index (Phi) is 7.41. The molecule has 9 heteroatoms. The van der Waals surface area contributed by atoms with E-state index < -0.39 is 5.82 Å². The van der Waals surface area contributed by atoms with Crippen molar-refractivity contribution in [3.63, 3.8) is 0 Å². The van der Waals surface area contributed by atoms with E-state index in [2.05, 4.69) is 20.8 Å². The molecule has 7 nitrogen and oxygen atoms in total. The Morgan fingerprint density at radius 2 is 1.90 bits per heavy atom. The van der Waals surface area contributed by atoms with E-state index >= 15 is 0 Å². The van der Waals surface area contributed by atoms with Gasteiger partial charge in [-0.25, -0.2) is 4.39 Å². The van der Waals surface area contributed by atoms with Crippen molar-refractivity contribution in [3.8, 4) is 0 Å². The molecule has 3 rings (SSSR count). The number of thioether (sulfide) groups is 1. The fourth-order valence-electron chi connectivity index (χ4n) is 3.00. The lowest BCUT2D eigenvalue weighted by atomic mass is 10.2. The van der Waals surface area contributed by atoms with Gasteiger partial charge in [0.2, 0.25) is 5.91 Å². The van der Waals surface area contributed by atoms with Gasteiger partial charge in [0.1, 0.15) is 5.82 Å². The highest BCUT2D eigenvalue weighted by molar-refractivity contribution is 7.99. The zero-order valence-electron chi connectivity index (χ0n) is 17.6. The van der Waals surface area contributed by atoms with Gasteiger partial charge in [0.15, 0.2) is 11.0 Å². The van der Waals surface area contributed by atoms with Gasteiger partial charge in [0.25, 0.3) is 5.91 Å². The van der Waals surface area contributed by atoms with E-state index in [-0.39, 0.29) is 23.6 Å². The first-order valence-corrected chi connectivity index (χ1v) is 10.9. The number of rotatable bonds is 8. The van der Waals surface area contributed by atoms with Crippen molar-refractivity contribution in [3.05, 3.63) is 71.3 Å². The molecule has 0 spiro atoms. The van der Waals surface area contributed by atoms with E-state index in [4.69, 9.17) is 0 Å². The zero-order chi connectivity index (χ0) is 22.4. The first-order valence-electron chi connectivity index (χ1n) is 9.86. The minimum absolute atomic E-state index is 0.0961. The van der Waals surface area contributed by atoms with Crippen LogP contribution in [0.15, 0.2) is 53.7 Å². The van der Waals surface area contributed by atoms with Gasteiger partial charge in [-0.1, -0.05) is 36.0 Å². The number of hydrogen-bond acceptors (Lipinski definition) is 5. The minimum atomic E-state index is -0.407. The molecule has 0 bridgehead atoms. The average Bonchev–Trinajstić information content (AvgIpc) is 3.18. The molecule has 1 aromatic heterocycles. The number of anilines is 1. The standard InChI is InChI=1S/C22H24FN5O2S/c1-4-28-20(15(3)24-21(30)16-8-6-5-7-9-16)26-27-22(28)31-13-19(29)25-18-12-17(23)11-10-14(18)2/h5-12,15H,4,13H2,1-3H3,(H,24,30)(H,25,29). The molecule has 1 heterocycles. The number of nitrogens with one attached hydrogen (secondary N) is 2. The molecular formula is C22H24FN5O2S. The Balaban J connectivity index is 1.63. The van der Waals surface area contributed by atoms with Crippen molar-refractivity contribution < 1.29 is 14.0 Å². The van der Waals surface area contributed by atoms with Crippen LogP contribution in [0.2, 0.25) is 0 Å². The number of aryl methyl sites for hydroxylation is 1. The lowest BCUT2D eigenvalue weighted by Crippen LogP contribution is -2.28. The number of amides is 2. The summed E-state index contributed by atoms with van der Waals surface area (Å²) < 4.78 is 15.3. The van der Waals surface area contributed by atoms with Gasteiger partial charge >= 0.3 is 0 Å². The Bertz CT molecular complexity index is 1070. The second-order valence-corrected chi connectivity index (χ2v) is 7.88. The van der Waals surface area contributed by atoms with Crippen LogP contribution in [0.3, 0.4) is 0 Å². The van der Waals surface area contributed by atoms with E-state index in [9.17, 15) is 14.0 Å². The van der Waals surface area contributed by atoms with Gasteiger partial charge in [-0.15, -0.1) is 10.2 Å². The summed E-state index contributed by atoms with van der Waals surface area (Å²) in [6.07, 6.45) is 0. The van der Waals surface area contributed by atoms with E-state index in [0.717, 1.165) is 5.56 Å². The van der Waals surface area contributed by atoms with Crippen LogP contribution in [0.4, 0.5) is 10.1 Å². The quantitative estimate of drug-likeness (QED) is 0.517. The van der Waals surface area contributed by atoms with Gasteiger partial charge in [0, 0.05) is 17.8 Å². The number of nitrogens with zero attached hydrogens (tertiary/aromatic N) is 3. The van der Waals surface area contributed by atoms with Crippen molar-refractivity contribution in [1.82, 2.24) is 20.1 Å². The Labute approximate surface area is 184 Å². The SMILES string of the molecule is CCn1c(SCC(=O)Nc2cc(F)ccc2C)nnc1C(C)NC(=O)c1ccccc1. The van der Waals surface area contributed by atoms with Gasteiger partial charge in [-0.3, -0.25) is 9.59 Å². The number of carbonyl (C=O) groups is 2. The summed E-state index contributed by atoms with van der Waals surface area (Å²) in [6.45, 7) is 6.16. The largest absolute Gasteiger partial charge is 0.342 e. The molecule has 2 aromatic carbocycles. The molecule has 0 radical (unpaired) electrons. The fourth-order valence-corrected chi connectivity index (χ4v) is 3.81. The Hall–Kier alpha value is -3.20. The van der Waals surface area contributed by atoms with Crippen LogP contribution in [0.25, 0.3) is 0 Å². The zero-order valence-corrected chi connectivity index (χ0v) is 18.4. The number of aromatic nitrogens is 3. The summed E-state index contributed by atoms with van der Waals surface area (Å²) in [7, 11) is 0. The van der Waals surface area contributed by atoms with Crippen LogP contribution in [0.1, 0.15) is 41.6 Å². The summed E-state index contributed by atoms with van der Waals surface area (Å²) in [6, 6.07) is 12.8. The maximum absolute atomic E-state index is 13.4. The summed E-state index contributed by atoms with van der Waals surface area (Å²) in [4.78, 5) is 24.7. The summed E-state index contributed by atoms with van der Waals surface area (Å²) >= 11 is 1.23. The molecule has 0 aliphatic heterocycles. The fraction of sp³-hybridized carbons (Fsp3) is 0.273. The van der Waals surface area contributed by atoms with Crippen LogP contribution in [-0.2, 0) is 11.3 Å². The normalized spacial score (nSPS) is 11.7. The van der Waals surface area contributed by atoms with Crippen molar-refractivity contribution in [1.29, 1.82) is 0 Å². The number of benzene rings is 2. The minimum Gasteiger partial charge on any atom is -0.342 e. The maximum Gasteiger partial charge on any atom is 0.251 e. The molecule has 3 aromatic rings. The third-order valence-electron chi connectivity index (χ3n) is 4.64. The van der Waals surface area contributed by atoms with Gasteiger partial charge < -0.3 is 15.2 Å². The molecule has 0 aliphatic rings. The van der Waals surface area contributed by atoms with Crippen molar-refractivity contribution in [2.45, 2.75) is 38.5 Å². The van der Waals surface area contributed by atoms with Crippen LogP contribution in [-0.4, -0.2) is 32.3 Å². The average molecular weight is 442 g/mol. The molecule has 0 fully saturated rings. The molecule has 2 amide bonds. The van der Waals surface area contributed by atoms with Crippen LogP contribution < -0.4 is 10.6 Å². The Morgan fingerprint density at radius 3 is 2.61 bits per heavy atom. The molecule has 31 heavy (non-hydrogen) atoms. The second kappa shape index (κ2) is 10.2. The van der Waals surface area contributed by atoms with Gasteiger partial charge in [-0.2, -0.15) is 0 Å². The number of hydrogen-bond donors (Lipinski definition) is 2. The van der Waals surface area contributed by atoms with E-state index in [1.54, 1.807) is 37.3 Å². The van der Waals surface area contributed by atoms with Gasteiger partial charge in [-0.05, 0) is 50.6 Å². The van der Waals surface area contributed by atoms with Crippen LogP contribution in [0, 0.1) is 12.7 Å². The molecule has 0 saturated carbocycles. The lowest BCUT2D eigenvalue weighted by molar-refractivity contribution is -0.113. The van der Waals surface area contributed by atoms with E-state index in [1.165, 1.54) is 23.9 Å². The predicted octanol–water partition coefficient (Wildman–Crippen LogP) is 3.97. The first-order chi connectivity index (χ1) is 14.9. The highest BCUT2D eigenvalue weighted by Gasteiger charge is 2.20. The van der Waals surface area contributed by atoms with E-state index in [0.29, 0.717) is 28.8 Å². The maximum atomic E-state index is 13.4. The number of halogens is 1. The summed E-state index contributed by atoms with van der Waals surface area (Å²) in [5.41, 5.74) is 1.79. The number of carbonyl (C=O) groups excluding carboxylic acids is 2. The van der Waals surface area contributed by atoms with E-state index in [1.807, 2.05) is 24.5 Å². The highest BCUT2D eigenvalue weighted by Crippen LogP contribution is 2.22. The monoisotopic (exact) mass is 441 g/mol. The molecule has 1 unspecified atom stereocenters. The van der Waals surface area contributed by atoms with Crippen LogP contribution >= 0.6 is 11.8 Å². The second-order valence-electron chi connectivity index (χ2n) is 6.94. The van der Waals surface area contributed by atoms with Crippen molar-refractivity contribution in [2.75, 3.05) is 11.1 Å². The summed E-state index contributed by atoms with van der Waals surface area (Å²) in [5, 5.41) is 14.6. The predicted molar refractivity (Wildman–Crippen MR) is 119 cm³/mol. The third kappa shape index (κ3) is 5.69. The lowest BCUT2D eigenvalue weighted by Gasteiger charge is -2.15. The molecule has 2 N–H and O–H groups in total. The van der Waals surface area contributed by atoms with Crippen molar-refractivity contribution >= 4 is 29.3 Å².